The molecule has 0 fully saturated rings. The Labute approximate surface area is 119 Å². The second-order valence-electron chi connectivity index (χ2n) is 4.24. The van der Waals surface area contributed by atoms with Gasteiger partial charge in [0.15, 0.2) is 5.82 Å². The number of thioether (sulfide) groups is 1. The van der Waals surface area contributed by atoms with Crippen LogP contribution < -0.4 is 5.01 Å². The van der Waals surface area contributed by atoms with Crippen LogP contribution in [0.5, 0.6) is 0 Å². The molecular formula is C13H12N4O2S. The Morgan fingerprint density at radius 1 is 1.10 bits per heavy atom. The smallest absolute Gasteiger partial charge is 0.267 e. The van der Waals surface area contributed by atoms with Gasteiger partial charge in [0.25, 0.3) is 11.8 Å². The van der Waals surface area contributed by atoms with Crippen LogP contribution in [0, 0.1) is 0 Å². The van der Waals surface area contributed by atoms with Gasteiger partial charge in [-0.05, 0) is 18.4 Å². The molecule has 7 heteroatoms. The minimum Gasteiger partial charge on any atom is -0.267 e. The molecule has 2 amide bonds. The highest BCUT2D eigenvalue weighted by Crippen LogP contribution is 2.25. The lowest BCUT2D eigenvalue weighted by molar-refractivity contribution is 0.0879. The highest BCUT2D eigenvalue weighted by molar-refractivity contribution is 7.98. The average Bonchev–Trinajstić information content (AvgIpc) is 2.99. The number of fused-ring (bicyclic) bond motifs is 1. The summed E-state index contributed by atoms with van der Waals surface area (Å²) in [7, 11) is 0. The maximum absolute atomic E-state index is 12.5. The van der Waals surface area contributed by atoms with Crippen LogP contribution in [0.25, 0.3) is 0 Å². The van der Waals surface area contributed by atoms with E-state index in [2.05, 4.69) is 10.2 Å². The van der Waals surface area contributed by atoms with E-state index in [1.54, 1.807) is 24.3 Å². The van der Waals surface area contributed by atoms with E-state index < -0.39 is 0 Å². The zero-order valence-electron chi connectivity index (χ0n) is 11.0. The van der Waals surface area contributed by atoms with Gasteiger partial charge < -0.3 is 0 Å². The number of hydrogen-bond acceptors (Lipinski definition) is 5. The number of rotatable bonds is 3. The molecule has 3 rings (SSSR count). The Balaban J connectivity index is 2.16. The second kappa shape index (κ2) is 4.75. The van der Waals surface area contributed by atoms with Crippen molar-refractivity contribution in [2.24, 2.45) is 0 Å². The maximum atomic E-state index is 12.5. The van der Waals surface area contributed by atoms with Gasteiger partial charge in [-0.25, -0.2) is 4.68 Å². The van der Waals surface area contributed by atoms with Gasteiger partial charge in [0.2, 0.25) is 5.16 Å². The number of carbonyl (C=O) groups excluding carboxylic acids is 2. The third-order valence-electron chi connectivity index (χ3n) is 3.15. The van der Waals surface area contributed by atoms with Crippen LogP contribution in [0.4, 0.5) is 0 Å². The lowest BCUT2D eigenvalue weighted by Crippen LogP contribution is -2.41. The van der Waals surface area contributed by atoms with Gasteiger partial charge in [-0.2, -0.15) is 5.01 Å². The highest BCUT2D eigenvalue weighted by Gasteiger charge is 2.38. The first-order valence-corrected chi connectivity index (χ1v) is 7.38. The van der Waals surface area contributed by atoms with Crippen LogP contribution in [0.2, 0.25) is 0 Å². The molecule has 102 valence electrons. The van der Waals surface area contributed by atoms with E-state index in [9.17, 15) is 9.59 Å². The Hall–Kier alpha value is -2.15. The Morgan fingerprint density at radius 2 is 1.70 bits per heavy atom. The van der Waals surface area contributed by atoms with Crippen LogP contribution >= 0.6 is 11.8 Å². The summed E-state index contributed by atoms with van der Waals surface area (Å²) in [6.45, 7) is 1.91. The molecule has 6 nitrogen and oxygen atoms in total. The van der Waals surface area contributed by atoms with Crippen molar-refractivity contribution in [1.82, 2.24) is 14.9 Å². The molecule has 0 saturated carbocycles. The predicted octanol–water partition coefficient (Wildman–Crippen LogP) is 1.49. The van der Waals surface area contributed by atoms with E-state index in [1.807, 2.05) is 13.2 Å². The first-order valence-electron chi connectivity index (χ1n) is 6.15. The van der Waals surface area contributed by atoms with Crippen molar-refractivity contribution in [3.05, 3.63) is 41.2 Å². The molecule has 20 heavy (non-hydrogen) atoms. The van der Waals surface area contributed by atoms with Crippen molar-refractivity contribution < 1.29 is 9.59 Å². The molecule has 2 aromatic rings. The molecule has 1 aromatic carbocycles. The van der Waals surface area contributed by atoms with E-state index in [4.69, 9.17) is 0 Å². The number of benzene rings is 1. The van der Waals surface area contributed by atoms with Gasteiger partial charge in [0.05, 0.1) is 11.1 Å². The first-order chi connectivity index (χ1) is 9.69. The third kappa shape index (κ3) is 1.66. The predicted molar refractivity (Wildman–Crippen MR) is 74.5 cm³/mol. The molecule has 1 aromatic heterocycles. The number of aryl methyl sites for hydroxylation is 1. The number of nitrogens with zero attached hydrogens (tertiary/aromatic N) is 4. The van der Waals surface area contributed by atoms with Crippen LogP contribution in [0.15, 0.2) is 29.4 Å². The zero-order chi connectivity index (χ0) is 14.3. The van der Waals surface area contributed by atoms with E-state index in [1.165, 1.54) is 16.4 Å². The van der Waals surface area contributed by atoms with E-state index in [0.29, 0.717) is 28.5 Å². The Morgan fingerprint density at radius 3 is 2.20 bits per heavy atom. The standard InChI is InChI=1S/C13H12N4O2S/c1-3-10-14-15-13(20-2)16(10)17-11(18)8-6-4-5-7-9(8)12(17)19/h4-7H,3H2,1-2H3. The van der Waals surface area contributed by atoms with Crippen LogP contribution in [0.1, 0.15) is 33.5 Å². The van der Waals surface area contributed by atoms with Gasteiger partial charge in [0, 0.05) is 6.42 Å². The fraction of sp³-hybridized carbons (Fsp3) is 0.231. The lowest BCUT2D eigenvalue weighted by atomic mass is 10.1. The molecule has 0 bridgehead atoms. The summed E-state index contributed by atoms with van der Waals surface area (Å²) in [6.07, 6.45) is 2.42. The summed E-state index contributed by atoms with van der Waals surface area (Å²) < 4.78 is 1.51. The molecule has 2 heterocycles. The third-order valence-corrected chi connectivity index (χ3v) is 3.77. The van der Waals surface area contributed by atoms with Crippen molar-refractivity contribution in [2.45, 2.75) is 18.5 Å². The summed E-state index contributed by atoms with van der Waals surface area (Å²) in [5, 5.41) is 9.68. The van der Waals surface area contributed by atoms with Crippen molar-refractivity contribution in [2.75, 3.05) is 11.3 Å². The Bertz CT molecular complexity index is 654. The summed E-state index contributed by atoms with van der Waals surface area (Å²) in [5.41, 5.74) is 0.834. The number of aromatic nitrogens is 3. The van der Waals surface area contributed by atoms with Gasteiger partial charge in [0.1, 0.15) is 0 Å². The molecule has 0 aliphatic carbocycles. The SMILES string of the molecule is CCc1nnc(SC)n1N1C(=O)c2ccccc2C1=O. The number of hydrogen-bond donors (Lipinski definition) is 0. The fourth-order valence-corrected chi connectivity index (χ4v) is 2.68. The lowest BCUT2D eigenvalue weighted by Gasteiger charge is -2.17. The first kappa shape index (κ1) is 12.9. The molecule has 1 aliphatic rings. The zero-order valence-corrected chi connectivity index (χ0v) is 11.8. The summed E-state index contributed by atoms with van der Waals surface area (Å²) in [4.78, 5) is 24.9. The van der Waals surface area contributed by atoms with Crippen molar-refractivity contribution >= 4 is 23.6 Å². The van der Waals surface area contributed by atoms with E-state index in [-0.39, 0.29) is 11.8 Å². The van der Waals surface area contributed by atoms with Crippen molar-refractivity contribution in [1.29, 1.82) is 0 Å². The van der Waals surface area contributed by atoms with Crippen LogP contribution in [-0.2, 0) is 6.42 Å². The van der Waals surface area contributed by atoms with E-state index >= 15 is 0 Å². The van der Waals surface area contributed by atoms with Crippen LogP contribution in [0.3, 0.4) is 0 Å². The maximum Gasteiger partial charge on any atom is 0.281 e. The van der Waals surface area contributed by atoms with Crippen LogP contribution in [-0.4, -0.2) is 32.9 Å². The molecule has 0 atom stereocenters. The van der Waals surface area contributed by atoms with Gasteiger partial charge in [-0.15, -0.1) is 10.2 Å². The minimum absolute atomic E-state index is 0.338. The van der Waals surface area contributed by atoms with Gasteiger partial charge in [-0.3, -0.25) is 9.59 Å². The normalized spacial score (nSPS) is 14.0. The number of carbonyl (C=O) groups is 2. The molecular weight excluding hydrogens is 276 g/mol. The molecule has 0 N–H and O–H groups in total. The minimum atomic E-state index is -0.338. The summed E-state index contributed by atoms with van der Waals surface area (Å²) in [5.74, 6) is -0.0883. The average molecular weight is 288 g/mol. The largest absolute Gasteiger partial charge is 0.281 e. The van der Waals surface area contributed by atoms with Gasteiger partial charge in [-0.1, -0.05) is 30.8 Å². The molecule has 0 spiro atoms. The Kier molecular flexibility index (Phi) is 3.06. The molecule has 0 unspecified atom stereocenters. The quantitative estimate of drug-likeness (QED) is 0.632. The molecule has 1 aliphatic heterocycles. The fourth-order valence-electron chi connectivity index (χ4n) is 2.20. The van der Waals surface area contributed by atoms with Crippen molar-refractivity contribution in [3.63, 3.8) is 0 Å². The summed E-state index contributed by atoms with van der Waals surface area (Å²) in [6, 6.07) is 6.81. The number of amides is 2. The highest BCUT2D eigenvalue weighted by atomic mass is 32.2. The topological polar surface area (TPSA) is 68.1 Å². The molecule has 0 radical (unpaired) electrons. The molecule has 0 saturated heterocycles. The monoisotopic (exact) mass is 288 g/mol. The van der Waals surface area contributed by atoms with E-state index in [0.717, 1.165) is 5.01 Å². The van der Waals surface area contributed by atoms with Crippen molar-refractivity contribution in [3.8, 4) is 0 Å². The van der Waals surface area contributed by atoms with Gasteiger partial charge >= 0.3 is 0 Å². The number of imide groups is 1. The second-order valence-corrected chi connectivity index (χ2v) is 5.01. The summed E-state index contributed by atoms with van der Waals surface area (Å²) >= 11 is 1.34.